The van der Waals surface area contributed by atoms with Crippen LogP contribution in [0.15, 0.2) is 0 Å². The highest BCUT2D eigenvalue weighted by atomic mass is 32.2. The van der Waals surface area contributed by atoms with Gasteiger partial charge in [0.15, 0.2) is 0 Å². The molecule has 2 fully saturated rings. The summed E-state index contributed by atoms with van der Waals surface area (Å²) in [6.45, 7) is 5.03. The molecule has 18 heavy (non-hydrogen) atoms. The third kappa shape index (κ3) is 4.07. The van der Waals surface area contributed by atoms with Gasteiger partial charge < -0.3 is 10.2 Å². The summed E-state index contributed by atoms with van der Waals surface area (Å²) in [4.78, 5) is 14.5. The van der Waals surface area contributed by atoms with Crippen LogP contribution in [0.5, 0.6) is 0 Å². The molecule has 1 N–H and O–H groups in total. The van der Waals surface area contributed by atoms with Gasteiger partial charge in [-0.3, -0.25) is 4.79 Å². The van der Waals surface area contributed by atoms with Gasteiger partial charge >= 0.3 is 0 Å². The smallest absolute Gasteiger partial charge is 0.239 e. The Kier molecular flexibility index (Phi) is 6.18. The van der Waals surface area contributed by atoms with Crippen molar-refractivity contribution in [2.24, 2.45) is 0 Å². The molecular weight excluding hydrogens is 264 g/mol. The lowest BCUT2D eigenvalue weighted by atomic mass is 10.0. The first-order valence-electron chi connectivity index (χ1n) is 7.02. The molecule has 2 atom stereocenters. The maximum absolute atomic E-state index is 12.4. The topological polar surface area (TPSA) is 32.3 Å². The predicted octanol–water partition coefficient (Wildman–Crippen LogP) is 1.83. The molecule has 0 spiro atoms. The van der Waals surface area contributed by atoms with Gasteiger partial charge in [-0.2, -0.15) is 23.5 Å². The van der Waals surface area contributed by atoms with Gasteiger partial charge in [-0.05, 0) is 25.8 Å². The number of hydrogen-bond donors (Lipinski definition) is 1. The molecule has 2 aliphatic heterocycles. The second kappa shape index (κ2) is 7.65. The van der Waals surface area contributed by atoms with Crippen molar-refractivity contribution in [3.8, 4) is 0 Å². The van der Waals surface area contributed by atoms with Crippen LogP contribution >= 0.6 is 23.5 Å². The van der Waals surface area contributed by atoms with Crippen LogP contribution in [0.25, 0.3) is 0 Å². The largest absolute Gasteiger partial charge is 0.340 e. The SMILES string of the molecule is CCCNC1CCCN(CC2CSCCS2)C1=O. The van der Waals surface area contributed by atoms with Gasteiger partial charge in [0.2, 0.25) is 5.91 Å². The summed E-state index contributed by atoms with van der Waals surface area (Å²) in [5.74, 6) is 4.07. The van der Waals surface area contributed by atoms with E-state index in [1.807, 2.05) is 23.5 Å². The minimum absolute atomic E-state index is 0.0833. The van der Waals surface area contributed by atoms with Crippen molar-refractivity contribution in [2.75, 3.05) is 36.9 Å². The number of rotatable bonds is 5. The molecule has 2 aliphatic rings. The molecule has 2 rings (SSSR count). The molecule has 0 aliphatic carbocycles. The van der Waals surface area contributed by atoms with Crippen molar-refractivity contribution < 1.29 is 4.79 Å². The fourth-order valence-electron chi connectivity index (χ4n) is 2.52. The number of likely N-dealkylation sites (tertiary alicyclic amines) is 1. The number of amides is 1. The molecule has 5 heteroatoms. The van der Waals surface area contributed by atoms with Crippen LogP contribution in [-0.2, 0) is 4.79 Å². The summed E-state index contributed by atoms with van der Waals surface area (Å²) >= 11 is 4.08. The highest BCUT2D eigenvalue weighted by Gasteiger charge is 2.30. The molecule has 0 radical (unpaired) electrons. The Labute approximate surface area is 119 Å². The third-order valence-corrected chi connectivity index (χ3v) is 6.31. The van der Waals surface area contributed by atoms with Crippen molar-refractivity contribution in [3.63, 3.8) is 0 Å². The predicted molar refractivity (Wildman–Crippen MR) is 81.5 cm³/mol. The van der Waals surface area contributed by atoms with E-state index in [0.29, 0.717) is 11.2 Å². The van der Waals surface area contributed by atoms with Gasteiger partial charge in [-0.15, -0.1) is 0 Å². The Morgan fingerprint density at radius 1 is 1.44 bits per heavy atom. The summed E-state index contributed by atoms with van der Waals surface area (Å²) in [6, 6.07) is 0.0833. The Balaban J connectivity index is 1.81. The van der Waals surface area contributed by atoms with Crippen LogP contribution in [-0.4, -0.2) is 59.0 Å². The zero-order chi connectivity index (χ0) is 12.8. The molecule has 0 aromatic rings. The van der Waals surface area contributed by atoms with Crippen molar-refractivity contribution in [1.82, 2.24) is 10.2 Å². The monoisotopic (exact) mass is 288 g/mol. The van der Waals surface area contributed by atoms with Gasteiger partial charge in [-0.1, -0.05) is 6.92 Å². The summed E-state index contributed by atoms with van der Waals surface area (Å²) in [5.41, 5.74) is 0. The van der Waals surface area contributed by atoms with E-state index in [4.69, 9.17) is 0 Å². The Morgan fingerprint density at radius 2 is 2.33 bits per heavy atom. The van der Waals surface area contributed by atoms with Crippen LogP contribution in [0.1, 0.15) is 26.2 Å². The van der Waals surface area contributed by atoms with E-state index in [0.717, 1.165) is 38.9 Å². The normalized spacial score (nSPS) is 29.6. The first-order chi connectivity index (χ1) is 8.81. The van der Waals surface area contributed by atoms with Gasteiger partial charge in [0.1, 0.15) is 0 Å². The fourth-order valence-corrected chi connectivity index (χ4v) is 5.20. The molecule has 2 unspecified atom stereocenters. The Morgan fingerprint density at radius 3 is 3.06 bits per heavy atom. The zero-order valence-corrected chi connectivity index (χ0v) is 12.8. The molecule has 0 bridgehead atoms. The molecule has 2 saturated heterocycles. The van der Waals surface area contributed by atoms with Gasteiger partial charge in [0, 0.05) is 35.6 Å². The van der Waals surface area contributed by atoms with Crippen LogP contribution in [0.2, 0.25) is 0 Å². The Hall–Kier alpha value is 0.130. The molecule has 104 valence electrons. The maximum atomic E-state index is 12.4. The minimum atomic E-state index is 0.0833. The number of carbonyl (C=O) groups excluding carboxylic acids is 1. The second-order valence-electron chi connectivity index (χ2n) is 5.00. The van der Waals surface area contributed by atoms with E-state index >= 15 is 0 Å². The van der Waals surface area contributed by atoms with E-state index in [1.54, 1.807) is 0 Å². The zero-order valence-electron chi connectivity index (χ0n) is 11.2. The lowest BCUT2D eigenvalue weighted by Gasteiger charge is -2.35. The standard InChI is InChI=1S/C13H24N2OS2/c1-2-5-14-12-4-3-6-15(13(12)16)9-11-10-17-7-8-18-11/h11-12,14H,2-10H2,1H3. The number of nitrogens with zero attached hydrogens (tertiary/aromatic N) is 1. The summed E-state index contributed by atoms with van der Waals surface area (Å²) in [7, 11) is 0. The first-order valence-corrected chi connectivity index (χ1v) is 9.23. The molecule has 0 saturated carbocycles. The number of carbonyl (C=O) groups is 1. The summed E-state index contributed by atoms with van der Waals surface area (Å²) in [5, 5.41) is 4.04. The lowest BCUT2D eigenvalue weighted by Crippen LogP contribution is -2.52. The molecule has 0 aromatic carbocycles. The lowest BCUT2D eigenvalue weighted by molar-refractivity contribution is -0.135. The van der Waals surface area contributed by atoms with Crippen molar-refractivity contribution in [1.29, 1.82) is 0 Å². The van der Waals surface area contributed by atoms with E-state index in [2.05, 4.69) is 17.1 Å². The van der Waals surface area contributed by atoms with Crippen LogP contribution in [0.3, 0.4) is 0 Å². The Bertz CT molecular complexity index is 270. The van der Waals surface area contributed by atoms with E-state index in [1.165, 1.54) is 17.3 Å². The number of hydrogen-bond acceptors (Lipinski definition) is 4. The van der Waals surface area contributed by atoms with Crippen LogP contribution in [0.4, 0.5) is 0 Å². The van der Waals surface area contributed by atoms with Crippen LogP contribution < -0.4 is 5.32 Å². The van der Waals surface area contributed by atoms with Gasteiger partial charge in [0.05, 0.1) is 6.04 Å². The highest BCUT2D eigenvalue weighted by Crippen LogP contribution is 2.25. The van der Waals surface area contributed by atoms with Crippen LogP contribution in [0, 0.1) is 0 Å². The third-order valence-electron chi connectivity index (χ3n) is 3.48. The first kappa shape index (κ1) is 14.5. The molecule has 0 aromatic heterocycles. The maximum Gasteiger partial charge on any atom is 0.239 e. The summed E-state index contributed by atoms with van der Waals surface area (Å²) < 4.78 is 0. The molecular formula is C13H24N2OS2. The fraction of sp³-hybridized carbons (Fsp3) is 0.923. The average Bonchev–Trinajstić information content (AvgIpc) is 2.41. The number of nitrogens with one attached hydrogen (secondary N) is 1. The van der Waals surface area contributed by atoms with Crippen molar-refractivity contribution in [2.45, 2.75) is 37.5 Å². The molecule has 1 amide bonds. The molecule has 3 nitrogen and oxygen atoms in total. The minimum Gasteiger partial charge on any atom is -0.340 e. The highest BCUT2D eigenvalue weighted by molar-refractivity contribution is 8.06. The number of piperidine rings is 1. The van der Waals surface area contributed by atoms with E-state index < -0.39 is 0 Å². The number of thioether (sulfide) groups is 2. The van der Waals surface area contributed by atoms with Crippen molar-refractivity contribution >= 4 is 29.4 Å². The van der Waals surface area contributed by atoms with Crippen molar-refractivity contribution in [3.05, 3.63) is 0 Å². The average molecular weight is 288 g/mol. The summed E-state index contributed by atoms with van der Waals surface area (Å²) in [6.07, 6.45) is 3.26. The van der Waals surface area contributed by atoms with Gasteiger partial charge in [-0.25, -0.2) is 0 Å². The van der Waals surface area contributed by atoms with E-state index in [-0.39, 0.29) is 6.04 Å². The van der Waals surface area contributed by atoms with E-state index in [9.17, 15) is 4.79 Å². The second-order valence-corrected chi connectivity index (χ2v) is 7.56. The quantitative estimate of drug-likeness (QED) is 0.836. The van der Waals surface area contributed by atoms with Gasteiger partial charge in [0.25, 0.3) is 0 Å². The molecule has 2 heterocycles.